The van der Waals surface area contributed by atoms with Crippen LogP contribution in [0.25, 0.3) is 10.2 Å². The number of carbonyl (C=O) groups excluding carboxylic acids is 1. The van der Waals surface area contributed by atoms with Crippen molar-refractivity contribution in [3.63, 3.8) is 0 Å². The zero-order valence-electron chi connectivity index (χ0n) is 15.8. The highest BCUT2D eigenvalue weighted by atomic mass is 32.2. The van der Waals surface area contributed by atoms with Crippen molar-refractivity contribution in [1.29, 1.82) is 0 Å². The van der Waals surface area contributed by atoms with Crippen LogP contribution in [0.5, 0.6) is 0 Å². The lowest BCUT2D eigenvalue weighted by Crippen LogP contribution is -2.40. The molecule has 1 aliphatic rings. The summed E-state index contributed by atoms with van der Waals surface area (Å²) in [5.41, 5.74) is 0.923. The Morgan fingerprint density at radius 3 is 2.69 bits per heavy atom. The molecule has 0 spiro atoms. The Labute approximate surface area is 172 Å². The molecule has 1 N–H and O–H groups in total. The Balaban J connectivity index is 1.46. The van der Waals surface area contributed by atoms with Gasteiger partial charge in [0.1, 0.15) is 11.3 Å². The highest BCUT2D eigenvalue weighted by Crippen LogP contribution is 2.33. The van der Waals surface area contributed by atoms with Gasteiger partial charge in [0, 0.05) is 25.0 Å². The summed E-state index contributed by atoms with van der Waals surface area (Å²) in [6, 6.07) is 11.0. The number of rotatable bonds is 4. The SMILES string of the molecule is CS(=O)(=O)c1ccc(NC(=O)C2CCCN(c3nc4c(F)cccc4s3)C2)cc1. The molecule has 3 aromatic rings. The number of halogens is 1. The van der Waals surface area contributed by atoms with Crippen LogP contribution in [0.1, 0.15) is 12.8 Å². The molecule has 1 aromatic heterocycles. The molecule has 2 heterocycles. The van der Waals surface area contributed by atoms with Gasteiger partial charge < -0.3 is 10.2 Å². The van der Waals surface area contributed by atoms with Crippen LogP contribution >= 0.6 is 11.3 Å². The van der Waals surface area contributed by atoms with E-state index in [2.05, 4.69) is 10.3 Å². The molecule has 4 rings (SSSR count). The molecule has 0 bridgehead atoms. The molecule has 1 atom stereocenters. The Bertz CT molecular complexity index is 1160. The number of nitrogens with one attached hydrogen (secondary N) is 1. The molecule has 0 saturated carbocycles. The maximum Gasteiger partial charge on any atom is 0.229 e. The molecular formula is C20H20FN3O3S2. The normalized spacial score (nSPS) is 17.4. The van der Waals surface area contributed by atoms with Gasteiger partial charge in [-0.05, 0) is 49.2 Å². The van der Waals surface area contributed by atoms with Gasteiger partial charge in [-0.1, -0.05) is 17.4 Å². The first-order chi connectivity index (χ1) is 13.8. The number of amides is 1. The molecule has 0 radical (unpaired) electrons. The third kappa shape index (κ3) is 4.25. The monoisotopic (exact) mass is 433 g/mol. The number of aromatic nitrogens is 1. The number of fused-ring (bicyclic) bond motifs is 1. The van der Waals surface area contributed by atoms with Gasteiger partial charge in [-0.3, -0.25) is 4.79 Å². The first-order valence-electron chi connectivity index (χ1n) is 9.22. The number of thiazole rings is 1. The molecule has 152 valence electrons. The lowest BCUT2D eigenvalue weighted by Gasteiger charge is -2.31. The summed E-state index contributed by atoms with van der Waals surface area (Å²) in [5, 5.41) is 3.58. The van der Waals surface area contributed by atoms with Crippen LogP contribution in [0.4, 0.5) is 15.2 Å². The fourth-order valence-corrected chi connectivity index (χ4v) is 5.08. The maximum absolute atomic E-state index is 13.9. The standard InChI is InChI=1S/C20H20FN3O3S2/c1-29(26,27)15-9-7-14(8-10-15)22-19(25)13-4-3-11-24(12-13)20-23-18-16(21)5-2-6-17(18)28-20/h2,5-10,13H,3-4,11-12H2,1H3,(H,22,25). The van der Waals surface area contributed by atoms with Crippen LogP contribution in [0, 0.1) is 11.7 Å². The average molecular weight is 434 g/mol. The van der Waals surface area contributed by atoms with Crippen LogP contribution in [-0.2, 0) is 14.6 Å². The molecule has 1 saturated heterocycles. The minimum atomic E-state index is -3.27. The van der Waals surface area contributed by atoms with Crippen LogP contribution < -0.4 is 10.2 Å². The van der Waals surface area contributed by atoms with E-state index >= 15 is 0 Å². The fourth-order valence-electron chi connectivity index (χ4n) is 3.43. The van der Waals surface area contributed by atoms with Gasteiger partial charge in [0.15, 0.2) is 15.0 Å². The minimum absolute atomic E-state index is 0.117. The second-order valence-electron chi connectivity index (χ2n) is 7.15. The van der Waals surface area contributed by atoms with Crippen molar-refractivity contribution in [2.45, 2.75) is 17.7 Å². The van der Waals surface area contributed by atoms with E-state index in [1.54, 1.807) is 18.2 Å². The van der Waals surface area contributed by atoms with Crippen molar-refractivity contribution in [3.05, 3.63) is 48.3 Å². The Morgan fingerprint density at radius 1 is 1.24 bits per heavy atom. The summed E-state index contributed by atoms with van der Waals surface area (Å²) >= 11 is 1.43. The van der Waals surface area contributed by atoms with Crippen LogP contribution in [0.3, 0.4) is 0 Å². The molecule has 1 amide bonds. The van der Waals surface area contributed by atoms with Gasteiger partial charge >= 0.3 is 0 Å². The Kier molecular flexibility index (Phi) is 5.26. The first-order valence-corrected chi connectivity index (χ1v) is 11.9. The zero-order chi connectivity index (χ0) is 20.6. The van der Waals surface area contributed by atoms with E-state index in [0.717, 1.165) is 35.5 Å². The lowest BCUT2D eigenvalue weighted by atomic mass is 9.97. The van der Waals surface area contributed by atoms with E-state index in [0.29, 0.717) is 17.7 Å². The third-order valence-corrected chi connectivity index (χ3v) is 7.18. The fraction of sp³-hybridized carbons (Fsp3) is 0.300. The lowest BCUT2D eigenvalue weighted by molar-refractivity contribution is -0.120. The molecular weight excluding hydrogens is 413 g/mol. The van der Waals surface area contributed by atoms with Crippen molar-refractivity contribution in [3.8, 4) is 0 Å². The number of benzene rings is 2. The topological polar surface area (TPSA) is 79.4 Å². The van der Waals surface area contributed by atoms with Crippen molar-refractivity contribution < 1.29 is 17.6 Å². The number of nitrogens with zero attached hydrogens (tertiary/aromatic N) is 2. The van der Waals surface area contributed by atoms with E-state index < -0.39 is 9.84 Å². The van der Waals surface area contributed by atoms with Crippen molar-refractivity contribution in [1.82, 2.24) is 4.98 Å². The van der Waals surface area contributed by atoms with E-state index in [1.807, 2.05) is 11.0 Å². The van der Waals surface area contributed by atoms with Crippen LogP contribution in [0.2, 0.25) is 0 Å². The first kappa shape index (κ1) is 19.8. The van der Waals surface area contributed by atoms with Gasteiger partial charge in [0.05, 0.1) is 15.5 Å². The number of hydrogen-bond acceptors (Lipinski definition) is 6. The van der Waals surface area contributed by atoms with Gasteiger partial charge in [-0.2, -0.15) is 0 Å². The number of piperidine rings is 1. The van der Waals surface area contributed by atoms with E-state index in [4.69, 9.17) is 0 Å². The molecule has 29 heavy (non-hydrogen) atoms. The molecule has 2 aromatic carbocycles. The minimum Gasteiger partial charge on any atom is -0.347 e. The van der Waals surface area contributed by atoms with Gasteiger partial charge in [0.25, 0.3) is 0 Å². The van der Waals surface area contributed by atoms with Gasteiger partial charge in [-0.25, -0.2) is 17.8 Å². The summed E-state index contributed by atoms with van der Waals surface area (Å²) in [6.07, 6.45) is 2.73. The summed E-state index contributed by atoms with van der Waals surface area (Å²) in [5.74, 6) is -0.682. The zero-order valence-corrected chi connectivity index (χ0v) is 17.4. The van der Waals surface area contributed by atoms with Gasteiger partial charge in [-0.15, -0.1) is 0 Å². The Morgan fingerprint density at radius 2 is 2.00 bits per heavy atom. The Hall–Kier alpha value is -2.52. The number of anilines is 2. The average Bonchev–Trinajstić information content (AvgIpc) is 3.14. The van der Waals surface area contributed by atoms with E-state index in [9.17, 15) is 17.6 Å². The quantitative estimate of drug-likeness (QED) is 0.679. The van der Waals surface area contributed by atoms with Crippen LogP contribution in [-0.4, -0.2) is 38.7 Å². The summed E-state index contributed by atoms with van der Waals surface area (Å²) < 4.78 is 37.8. The van der Waals surface area contributed by atoms with Crippen LogP contribution in [0.15, 0.2) is 47.4 Å². The highest BCUT2D eigenvalue weighted by Gasteiger charge is 2.28. The summed E-state index contributed by atoms with van der Waals surface area (Å²) in [6.45, 7) is 1.28. The highest BCUT2D eigenvalue weighted by molar-refractivity contribution is 7.90. The molecule has 1 fully saturated rings. The largest absolute Gasteiger partial charge is 0.347 e. The number of hydrogen-bond donors (Lipinski definition) is 1. The van der Waals surface area contributed by atoms with Crippen molar-refractivity contribution in [2.24, 2.45) is 5.92 Å². The summed E-state index contributed by atoms with van der Waals surface area (Å²) in [7, 11) is -3.27. The van der Waals surface area contributed by atoms with Crippen molar-refractivity contribution >= 4 is 48.1 Å². The maximum atomic E-state index is 13.9. The smallest absolute Gasteiger partial charge is 0.229 e. The number of carbonyl (C=O) groups is 1. The molecule has 0 aliphatic carbocycles. The molecule has 9 heteroatoms. The molecule has 1 unspecified atom stereocenters. The van der Waals surface area contributed by atoms with Gasteiger partial charge in [0.2, 0.25) is 5.91 Å². The van der Waals surface area contributed by atoms with E-state index in [1.165, 1.54) is 29.5 Å². The predicted octanol–water partition coefficient (Wildman–Crippen LogP) is 3.69. The van der Waals surface area contributed by atoms with E-state index in [-0.39, 0.29) is 22.5 Å². The molecule has 1 aliphatic heterocycles. The number of para-hydroxylation sites is 1. The second kappa shape index (κ2) is 7.72. The van der Waals surface area contributed by atoms with Crippen molar-refractivity contribution in [2.75, 3.05) is 29.6 Å². The predicted molar refractivity (Wildman–Crippen MR) is 113 cm³/mol. The molecule has 6 nitrogen and oxygen atoms in total. The summed E-state index contributed by atoms with van der Waals surface area (Å²) in [4.78, 5) is 19.4. The number of sulfone groups is 1. The second-order valence-corrected chi connectivity index (χ2v) is 10.2. The third-order valence-electron chi connectivity index (χ3n) is 4.97.